The van der Waals surface area contributed by atoms with Crippen molar-refractivity contribution in [2.24, 2.45) is 5.10 Å². The number of nitrogens with zero attached hydrogens (tertiary/aromatic N) is 2. The molecule has 2 aromatic carbocycles. The minimum absolute atomic E-state index is 0.0578. The standard InChI is InChI=1S/C13H10BrN3O2/c14-11-3-1-10(2-4-11)9-15-16-12-5-7-13(8-6-12)17(18)19/h1-9,16H/b15-9+. The zero-order valence-electron chi connectivity index (χ0n) is 9.79. The van der Waals surface area contributed by atoms with Crippen molar-refractivity contribution in [2.75, 3.05) is 5.43 Å². The van der Waals surface area contributed by atoms with Crippen LogP contribution < -0.4 is 5.43 Å². The molecule has 2 aromatic rings. The lowest BCUT2D eigenvalue weighted by Gasteiger charge is -1.99. The van der Waals surface area contributed by atoms with E-state index in [1.165, 1.54) is 12.1 Å². The first-order chi connectivity index (χ1) is 9.15. The van der Waals surface area contributed by atoms with Crippen LogP contribution in [0.5, 0.6) is 0 Å². The van der Waals surface area contributed by atoms with Gasteiger partial charge in [-0.15, -0.1) is 0 Å². The van der Waals surface area contributed by atoms with Crippen LogP contribution in [-0.4, -0.2) is 11.1 Å². The summed E-state index contributed by atoms with van der Waals surface area (Å²) in [5, 5.41) is 14.5. The summed E-state index contributed by atoms with van der Waals surface area (Å²) in [4.78, 5) is 10.1. The Morgan fingerprint density at radius 1 is 1.11 bits per heavy atom. The van der Waals surface area contributed by atoms with Crippen molar-refractivity contribution in [3.63, 3.8) is 0 Å². The van der Waals surface area contributed by atoms with Crippen LogP contribution in [0.3, 0.4) is 0 Å². The third kappa shape index (κ3) is 3.89. The first kappa shape index (κ1) is 13.2. The molecule has 0 amide bonds. The smallest absolute Gasteiger partial charge is 0.269 e. The highest BCUT2D eigenvalue weighted by atomic mass is 79.9. The zero-order chi connectivity index (χ0) is 13.7. The molecule has 0 spiro atoms. The number of anilines is 1. The van der Waals surface area contributed by atoms with Crippen molar-refractivity contribution in [3.05, 3.63) is 68.7 Å². The fourth-order valence-corrected chi connectivity index (χ4v) is 1.65. The Balaban J connectivity index is 1.98. The molecule has 6 heteroatoms. The van der Waals surface area contributed by atoms with Gasteiger partial charge in [0, 0.05) is 16.6 Å². The van der Waals surface area contributed by atoms with E-state index in [-0.39, 0.29) is 5.69 Å². The number of hydrogen-bond donors (Lipinski definition) is 1. The molecule has 1 N–H and O–H groups in total. The van der Waals surface area contributed by atoms with E-state index < -0.39 is 4.92 Å². The maximum atomic E-state index is 10.5. The van der Waals surface area contributed by atoms with Crippen molar-refractivity contribution in [1.82, 2.24) is 0 Å². The summed E-state index contributed by atoms with van der Waals surface area (Å²) in [6.07, 6.45) is 1.67. The van der Waals surface area contributed by atoms with Crippen LogP contribution in [0.1, 0.15) is 5.56 Å². The third-order valence-electron chi connectivity index (χ3n) is 2.36. The number of non-ortho nitro benzene ring substituents is 1. The number of nitro groups is 1. The molecule has 0 aromatic heterocycles. The van der Waals surface area contributed by atoms with Crippen LogP contribution in [0.2, 0.25) is 0 Å². The molecule has 0 fully saturated rings. The lowest BCUT2D eigenvalue weighted by Crippen LogP contribution is -1.92. The minimum atomic E-state index is -0.436. The van der Waals surface area contributed by atoms with Gasteiger partial charge in [0.2, 0.25) is 0 Å². The van der Waals surface area contributed by atoms with Gasteiger partial charge in [0.1, 0.15) is 0 Å². The van der Waals surface area contributed by atoms with Gasteiger partial charge in [-0.25, -0.2) is 0 Å². The molecular formula is C13H10BrN3O2. The number of halogens is 1. The Morgan fingerprint density at radius 2 is 1.74 bits per heavy atom. The summed E-state index contributed by atoms with van der Waals surface area (Å²) in [5.41, 5.74) is 4.52. The molecule has 96 valence electrons. The summed E-state index contributed by atoms with van der Waals surface area (Å²) in [7, 11) is 0. The van der Waals surface area contributed by atoms with Crippen molar-refractivity contribution in [1.29, 1.82) is 0 Å². The van der Waals surface area contributed by atoms with E-state index in [1.54, 1.807) is 18.3 Å². The lowest BCUT2D eigenvalue weighted by molar-refractivity contribution is -0.384. The third-order valence-corrected chi connectivity index (χ3v) is 2.88. The molecule has 0 aliphatic carbocycles. The normalized spacial score (nSPS) is 10.6. The average molecular weight is 320 g/mol. The van der Waals surface area contributed by atoms with E-state index in [1.807, 2.05) is 24.3 Å². The Morgan fingerprint density at radius 3 is 2.32 bits per heavy atom. The lowest BCUT2D eigenvalue weighted by atomic mass is 10.2. The molecule has 0 aliphatic rings. The van der Waals surface area contributed by atoms with Gasteiger partial charge in [-0.05, 0) is 29.8 Å². The average Bonchev–Trinajstić information content (AvgIpc) is 2.41. The van der Waals surface area contributed by atoms with Gasteiger partial charge < -0.3 is 0 Å². The quantitative estimate of drug-likeness (QED) is 0.529. The fourth-order valence-electron chi connectivity index (χ4n) is 1.39. The van der Waals surface area contributed by atoms with Crippen LogP contribution in [0.25, 0.3) is 0 Å². The molecule has 2 rings (SSSR count). The summed E-state index contributed by atoms with van der Waals surface area (Å²) in [5.74, 6) is 0. The first-order valence-corrected chi connectivity index (χ1v) is 6.23. The molecule has 0 aliphatic heterocycles. The number of nitro benzene ring substituents is 1. The zero-order valence-corrected chi connectivity index (χ0v) is 11.4. The van der Waals surface area contributed by atoms with Gasteiger partial charge in [-0.3, -0.25) is 15.5 Å². The molecule has 0 unspecified atom stereocenters. The van der Waals surface area contributed by atoms with Gasteiger partial charge in [0.15, 0.2) is 0 Å². The van der Waals surface area contributed by atoms with E-state index in [0.29, 0.717) is 5.69 Å². The topological polar surface area (TPSA) is 67.5 Å². The van der Waals surface area contributed by atoms with Crippen LogP contribution >= 0.6 is 15.9 Å². The molecule has 19 heavy (non-hydrogen) atoms. The second kappa shape index (κ2) is 6.10. The number of rotatable bonds is 4. The van der Waals surface area contributed by atoms with Crippen molar-refractivity contribution in [2.45, 2.75) is 0 Å². The number of hydrogen-bond acceptors (Lipinski definition) is 4. The Bertz CT molecular complexity index is 594. The minimum Gasteiger partial charge on any atom is -0.278 e. The maximum Gasteiger partial charge on any atom is 0.269 e. The van der Waals surface area contributed by atoms with E-state index in [0.717, 1.165) is 10.0 Å². The van der Waals surface area contributed by atoms with Crippen LogP contribution in [0.4, 0.5) is 11.4 Å². The largest absolute Gasteiger partial charge is 0.278 e. The maximum absolute atomic E-state index is 10.5. The molecule has 0 radical (unpaired) electrons. The van der Waals surface area contributed by atoms with Gasteiger partial charge in [-0.1, -0.05) is 28.1 Å². The summed E-state index contributed by atoms with van der Waals surface area (Å²) in [6.45, 7) is 0. The molecular weight excluding hydrogens is 310 g/mol. The second-order valence-electron chi connectivity index (χ2n) is 3.73. The highest BCUT2D eigenvalue weighted by Crippen LogP contribution is 2.15. The molecule has 0 bridgehead atoms. The Kier molecular flexibility index (Phi) is 4.25. The highest BCUT2D eigenvalue weighted by molar-refractivity contribution is 9.10. The van der Waals surface area contributed by atoms with Crippen LogP contribution in [0.15, 0.2) is 58.1 Å². The van der Waals surface area contributed by atoms with Gasteiger partial charge in [-0.2, -0.15) is 5.10 Å². The molecule has 0 heterocycles. The fraction of sp³-hybridized carbons (Fsp3) is 0. The monoisotopic (exact) mass is 319 g/mol. The Hall–Kier alpha value is -2.21. The number of benzene rings is 2. The molecule has 0 saturated heterocycles. The molecule has 5 nitrogen and oxygen atoms in total. The molecule has 0 atom stereocenters. The van der Waals surface area contributed by atoms with Gasteiger partial charge >= 0.3 is 0 Å². The van der Waals surface area contributed by atoms with Crippen LogP contribution in [-0.2, 0) is 0 Å². The predicted molar refractivity (Wildman–Crippen MR) is 78.5 cm³/mol. The summed E-state index contributed by atoms with van der Waals surface area (Å²) >= 11 is 3.35. The van der Waals surface area contributed by atoms with E-state index >= 15 is 0 Å². The van der Waals surface area contributed by atoms with E-state index in [4.69, 9.17) is 0 Å². The van der Waals surface area contributed by atoms with Gasteiger partial charge in [0.25, 0.3) is 5.69 Å². The highest BCUT2D eigenvalue weighted by Gasteiger charge is 2.02. The number of hydrazone groups is 1. The second-order valence-corrected chi connectivity index (χ2v) is 4.64. The first-order valence-electron chi connectivity index (χ1n) is 5.44. The van der Waals surface area contributed by atoms with Crippen molar-refractivity contribution >= 4 is 33.5 Å². The van der Waals surface area contributed by atoms with E-state index in [2.05, 4.69) is 26.5 Å². The number of nitrogens with one attached hydrogen (secondary N) is 1. The van der Waals surface area contributed by atoms with Crippen molar-refractivity contribution < 1.29 is 4.92 Å². The summed E-state index contributed by atoms with van der Waals surface area (Å²) < 4.78 is 1.01. The summed E-state index contributed by atoms with van der Waals surface area (Å²) in [6, 6.07) is 13.8. The van der Waals surface area contributed by atoms with Crippen molar-refractivity contribution in [3.8, 4) is 0 Å². The Labute approximate surface area is 118 Å². The van der Waals surface area contributed by atoms with Crippen LogP contribution in [0, 0.1) is 10.1 Å². The van der Waals surface area contributed by atoms with Gasteiger partial charge in [0.05, 0.1) is 16.8 Å². The van der Waals surface area contributed by atoms with E-state index in [9.17, 15) is 10.1 Å². The molecule has 0 saturated carbocycles. The predicted octanol–water partition coefficient (Wildman–Crippen LogP) is 3.80. The SMILES string of the molecule is O=[N+]([O-])c1ccc(N/N=C/c2ccc(Br)cc2)cc1.